The summed E-state index contributed by atoms with van der Waals surface area (Å²) in [6.07, 6.45) is 1.31. The maximum atomic E-state index is 13.4. The van der Waals surface area contributed by atoms with Gasteiger partial charge in [0.25, 0.3) is 11.5 Å². The second-order valence-electron chi connectivity index (χ2n) is 6.12. The smallest absolute Gasteiger partial charge is 0.339 e. The van der Waals surface area contributed by atoms with Gasteiger partial charge >= 0.3 is 5.97 Å². The molecular weight excluding hydrogens is 382 g/mol. The second kappa shape index (κ2) is 8.47. The highest BCUT2D eigenvalue weighted by atomic mass is 19.2. The lowest BCUT2D eigenvalue weighted by Gasteiger charge is -2.11. The maximum Gasteiger partial charge on any atom is 0.339 e. The average molecular weight is 398 g/mol. The third-order valence-corrected chi connectivity index (χ3v) is 4.16. The number of halogens is 2. The fourth-order valence-electron chi connectivity index (χ4n) is 2.70. The van der Waals surface area contributed by atoms with Crippen LogP contribution in [0.1, 0.15) is 26.3 Å². The Morgan fingerprint density at radius 2 is 1.79 bits per heavy atom. The standard InChI is InChI=1S/C21H16F2N2O4/c1-29-21(28)15-4-2-3-5-18(15)24-20(27)14-7-9-19(26)25(12-14)11-13-6-8-16(22)17(23)10-13/h2-10,12H,11H2,1H3,(H,24,27). The topological polar surface area (TPSA) is 77.4 Å². The van der Waals surface area contributed by atoms with Crippen molar-refractivity contribution in [1.82, 2.24) is 4.57 Å². The zero-order chi connectivity index (χ0) is 21.0. The molecule has 3 aromatic rings. The van der Waals surface area contributed by atoms with Crippen molar-refractivity contribution in [2.75, 3.05) is 12.4 Å². The van der Waals surface area contributed by atoms with E-state index in [0.29, 0.717) is 5.56 Å². The van der Waals surface area contributed by atoms with Gasteiger partial charge in [0, 0.05) is 12.3 Å². The molecule has 29 heavy (non-hydrogen) atoms. The Labute approximate surface area is 164 Å². The molecule has 148 valence electrons. The number of methoxy groups -OCH3 is 1. The van der Waals surface area contributed by atoms with Gasteiger partial charge in [0.2, 0.25) is 0 Å². The van der Waals surface area contributed by atoms with Crippen LogP contribution >= 0.6 is 0 Å². The van der Waals surface area contributed by atoms with E-state index in [4.69, 9.17) is 4.74 Å². The molecule has 0 aliphatic carbocycles. The van der Waals surface area contributed by atoms with Crippen LogP contribution in [0.15, 0.2) is 65.6 Å². The molecule has 0 saturated heterocycles. The number of hydrogen-bond donors (Lipinski definition) is 1. The van der Waals surface area contributed by atoms with Gasteiger partial charge in [0.15, 0.2) is 11.6 Å². The van der Waals surface area contributed by atoms with E-state index in [2.05, 4.69) is 5.32 Å². The Bertz CT molecular complexity index is 1140. The maximum absolute atomic E-state index is 13.4. The van der Waals surface area contributed by atoms with Crippen molar-refractivity contribution < 1.29 is 23.1 Å². The van der Waals surface area contributed by atoms with Gasteiger partial charge in [-0.1, -0.05) is 18.2 Å². The summed E-state index contributed by atoms with van der Waals surface area (Å²) >= 11 is 0. The predicted molar refractivity (Wildman–Crippen MR) is 102 cm³/mol. The highest BCUT2D eigenvalue weighted by Gasteiger charge is 2.15. The molecule has 0 saturated carbocycles. The van der Waals surface area contributed by atoms with Gasteiger partial charge in [0.05, 0.1) is 30.5 Å². The van der Waals surface area contributed by atoms with Crippen molar-refractivity contribution in [3.63, 3.8) is 0 Å². The Morgan fingerprint density at radius 1 is 1.03 bits per heavy atom. The summed E-state index contributed by atoms with van der Waals surface area (Å²) in [4.78, 5) is 36.5. The molecule has 6 nitrogen and oxygen atoms in total. The predicted octanol–water partition coefficient (Wildman–Crippen LogP) is 3.21. The molecule has 3 rings (SSSR count). The number of carbonyl (C=O) groups is 2. The SMILES string of the molecule is COC(=O)c1ccccc1NC(=O)c1ccc(=O)n(Cc2ccc(F)c(F)c2)c1. The van der Waals surface area contributed by atoms with Crippen molar-refractivity contribution in [3.05, 3.63) is 99.5 Å². The van der Waals surface area contributed by atoms with Gasteiger partial charge in [-0.15, -0.1) is 0 Å². The zero-order valence-electron chi connectivity index (χ0n) is 15.3. The number of amides is 1. The first kappa shape index (κ1) is 19.9. The van der Waals surface area contributed by atoms with Crippen LogP contribution in [0, 0.1) is 11.6 Å². The molecule has 0 aliphatic heterocycles. The summed E-state index contributed by atoms with van der Waals surface area (Å²) in [6, 6.07) is 12.2. The van der Waals surface area contributed by atoms with Crippen LogP contribution in [0.5, 0.6) is 0 Å². The number of esters is 1. The molecule has 2 aromatic carbocycles. The fraction of sp³-hybridized carbons (Fsp3) is 0.0952. The number of aromatic nitrogens is 1. The number of ether oxygens (including phenoxy) is 1. The number of pyridine rings is 1. The molecule has 1 N–H and O–H groups in total. The average Bonchev–Trinajstić information content (AvgIpc) is 2.72. The molecule has 0 atom stereocenters. The summed E-state index contributed by atoms with van der Waals surface area (Å²) in [5, 5.41) is 2.60. The number of para-hydroxylation sites is 1. The van der Waals surface area contributed by atoms with E-state index in [-0.39, 0.29) is 23.4 Å². The minimum Gasteiger partial charge on any atom is -0.465 e. The molecule has 0 bridgehead atoms. The number of hydrogen-bond acceptors (Lipinski definition) is 4. The molecule has 1 aromatic heterocycles. The summed E-state index contributed by atoms with van der Waals surface area (Å²) < 4.78 is 32.4. The van der Waals surface area contributed by atoms with Crippen molar-refractivity contribution in [2.24, 2.45) is 0 Å². The van der Waals surface area contributed by atoms with Crippen LogP contribution in [0.25, 0.3) is 0 Å². The second-order valence-corrected chi connectivity index (χ2v) is 6.12. The highest BCUT2D eigenvalue weighted by molar-refractivity contribution is 6.07. The number of benzene rings is 2. The molecule has 0 unspecified atom stereocenters. The van der Waals surface area contributed by atoms with Crippen LogP contribution in [0.4, 0.5) is 14.5 Å². The highest BCUT2D eigenvalue weighted by Crippen LogP contribution is 2.17. The molecule has 1 heterocycles. The van der Waals surface area contributed by atoms with E-state index in [0.717, 1.165) is 12.1 Å². The Hall–Kier alpha value is -3.81. The first-order chi connectivity index (χ1) is 13.9. The van der Waals surface area contributed by atoms with Crippen molar-refractivity contribution in [1.29, 1.82) is 0 Å². The molecule has 0 radical (unpaired) electrons. The minimum atomic E-state index is -1.02. The van der Waals surface area contributed by atoms with Gasteiger partial charge in [-0.25, -0.2) is 13.6 Å². The number of rotatable bonds is 5. The fourth-order valence-corrected chi connectivity index (χ4v) is 2.70. The first-order valence-corrected chi connectivity index (χ1v) is 8.52. The summed E-state index contributed by atoms with van der Waals surface area (Å²) in [6.45, 7) is -0.0457. The molecule has 0 aliphatic rings. The van der Waals surface area contributed by atoms with E-state index in [9.17, 15) is 23.2 Å². The van der Waals surface area contributed by atoms with E-state index >= 15 is 0 Å². The Balaban J connectivity index is 1.86. The van der Waals surface area contributed by atoms with Gasteiger partial charge in [-0.2, -0.15) is 0 Å². The third-order valence-electron chi connectivity index (χ3n) is 4.16. The zero-order valence-corrected chi connectivity index (χ0v) is 15.3. The molecule has 0 spiro atoms. The summed E-state index contributed by atoms with van der Waals surface area (Å²) in [5.41, 5.74) is 0.522. The largest absolute Gasteiger partial charge is 0.465 e. The van der Waals surface area contributed by atoms with Crippen molar-refractivity contribution in [3.8, 4) is 0 Å². The van der Waals surface area contributed by atoms with Crippen molar-refractivity contribution >= 4 is 17.6 Å². The number of nitrogens with zero attached hydrogens (tertiary/aromatic N) is 1. The summed E-state index contributed by atoms with van der Waals surface area (Å²) in [7, 11) is 1.23. The van der Waals surface area contributed by atoms with Crippen LogP contribution < -0.4 is 10.9 Å². The van der Waals surface area contributed by atoms with Crippen LogP contribution in [0.3, 0.4) is 0 Å². The third kappa shape index (κ3) is 4.55. The monoisotopic (exact) mass is 398 g/mol. The van der Waals surface area contributed by atoms with Crippen LogP contribution in [0.2, 0.25) is 0 Å². The number of nitrogens with one attached hydrogen (secondary N) is 1. The number of anilines is 1. The molecule has 8 heteroatoms. The van der Waals surface area contributed by atoms with E-state index in [1.54, 1.807) is 18.2 Å². The minimum absolute atomic E-state index is 0.0457. The van der Waals surface area contributed by atoms with Crippen molar-refractivity contribution in [2.45, 2.75) is 6.54 Å². The van der Waals surface area contributed by atoms with E-state index in [1.165, 1.54) is 42.1 Å². The van der Waals surface area contributed by atoms with Gasteiger partial charge < -0.3 is 14.6 Å². The lowest BCUT2D eigenvalue weighted by Crippen LogP contribution is -2.23. The normalized spacial score (nSPS) is 10.4. The van der Waals surface area contributed by atoms with Gasteiger partial charge in [-0.3, -0.25) is 9.59 Å². The lowest BCUT2D eigenvalue weighted by atomic mass is 10.1. The van der Waals surface area contributed by atoms with Gasteiger partial charge in [-0.05, 0) is 35.9 Å². The first-order valence-electron chi connectivity index (χ1n) is 8.52. The molecular formula is C21H16F2N2O4. The lowest BCUT2D eigenvalue weighted by molar-refractivity contribution is 0.0602. The quantitative estimate of drug-likeness (QED) is 0.670. The number of carbonyl (C=O) groups excluding carboxylic acids is 2. The Morgan fingerprint density at radius 3 is 2.52 bits per heavy atom. The Kier molecular flexibility index (Phi) is 5.82. The summed E-state index contributed by atoms with van der Waals surface area (Å²) in [5.74, 6) is -3.17. The van der Waals surface area contributed by atoms with E-state index in [1.807, 2.05) is 0 Å². The van der Waals surface area contributed by atoms with Gasteiger partial charge in [0.1, 0.15) is 0 Å². The molecule has 1 amide bonds. The molecule has 0 fully saturated rings. The van der Waals surface area contributed by atoms with Crippen LogP contribution in [-0.4, -0.2) is 23.6 Å². The van der Waals surface area contributed by atoms with Crippen LogP contribution in [-0.2, 0) is 11.3 Å². The van der Waals surface area contributed by atoms with E-state index < -0.39 is 29.1 Å².